The predicted octanol–water partition coefficient (Wildman–Crippen LogP) is 1.66. The second-order valence-electron chi connectivity index (χ2n) is 9.97. The molecule has 12 nitrogen and oxygen atoms in total. The van der Waals surface area contributed by atoms with Crippen LogP contribution in [0.4, 0.5) is 5.69 Å². The molecule has 0 aromatic carbocycles. The van der Waals surface area contributed by atoms with Gasteiger partial charge in [-0.15, -0.1) is 0 Å². The van der Waals surface area contributed by atoms with Gasteiger partial charge in [0.05, 0.1) is 46.8 Å². The number of hydrogen-bond donors (Lipinski definition) is 3. The lowest BCUT2D eigenvalue weighted by atomic mass is 9.87. The molecule has 0 aliphatic carbocycles. The minimum atomic E-state index is -3.02. The molecule has 2 aromatic heterocycles. The molecule has 4 rings (SSSR count). The van der Waals surface area contributed by atoms with Crippen LogP contribution in [0.25, 0.3) is 11.0 Å². The zero-order chi connectivity index (χ0) is 27.5. The van der Waals surface area contributed by atoms with E-state index in [0.717, 1.165) is 22.4 Å². The van der Waals surface area contributed by atoms with Gasteiger partial charge in [0.2, 0.25) is 11.8 Å². The number of hydrogen-bond acceptors (Lipinski definition) is 9. The highest BCUT2D eigenvalue weighted by molar-refractivity contribution is 7.91. The van der Waals surface area contributed by atoms with Crippen molar-refractivity contribution in [3.05, 3.63) is 17.5 Å². The van der Waals surface area contributed by atoms with E-state index in [1.807, 2.05) is 32.4 Å². The number of nitrogens with one attached hydrogen (secondary N) is 3. The Morgan fingerprint density at radius 3 is 2.32 bits per heavy atom. The number of sulfone groups is 1. The largest absolute Gasteiger partial charge is 0.387 e. The first-order valence-electron chi connectivity index (χ1n) is 13.2. The Balaban J connectivity index is 1.71. The van der Waals surface area contributed by atoms with Crippen molar-refractivity contribution in [1.82, 2.24) is 25.4 Å². The van der Waals surface area contributed by atoms with Crippen molar-refractivity contribution < 1.29 is 22.8 Å². The number of oxime groups is 1. The van der Waals surface area contributed by atoms with Crippen LogP contribution in [-0.4, -0.2) is 76.9 Å². The zero-order valence-electron chi connectivity index (χ0n) is 22.5. The number of fused-ring (bicyclic) bond motifs is 1. The summed E-state index contributed by atoms with van der Waals surface area (Å²) in [6.45, 7) is 9.15. The van der Waals surface area contributed by atoms with Crippen LogP contribution < -0.4 is 16.0 Å². The summed E-state index contributed by atoms with van der Waals surface area (Å²) >= 11 is 0. The van der Waals surface area contributed by atoms with E-state index in [0.29, 0.717) is 43.8 Å². The van der Waals surface area contributed by atoms with Gasteiger partial charge in [0.25, 0.3) is 0 Å². The predicted molar refractivity (Wildman–Crippen MR) is 145 cm³/mol. The highest BCUT2D eigenvalue weighted by atomic mass is 32.2. The monoisotopic (exact) mass is 547 g/mol. The van der Waals surface area contributed by atoms with Gasteiger partial charge in [-0.2, -0.15) is 5.10 Å². The van der Waals surface area contributed by atoms with E-state index in [1.54, 1.807) is 6.20 Å². The Morgan fingerprint density at radius 2 is 1.74 bits per heavy atom. The number of aromatic nitrogens is 3. The fraction of sp³-hybridized carbons (Fsp3) is 0.640. The molecule has 0 saturated carbocycles. The molecule has 0 unspecified atom stereocenters. The lowest BCUT2D eigenvalue weighted by Crippen LogP contribution is -2.41. The first kappa shape index (κ1) is 27.8. The molecule has 4 heterocycles. The highest BCUT2D eigenvalue weighted by Crippen LogP contribution is 2.38. The van der Waals surface area contributed by atoms with Crippen molar-refractivity contribution in [2.75, 3.05) is 29.9 Å². The number of amides is 2. The molecule has 2 amide bonds. The maximum atomic E-state index is 12.6. The van der Waals surface area contributed by atoms with E-state index >= 15 is 0 Å². The second-order valence-corrected chi connectivity index (χ2v) is 12.3. The van der Waals surface area contributed by atoms with Crippen LogP contribution in [0.15, 0.2) is 11.4 Å². The molecule has 0 radical (unpaired) electrons. The lowest BCUT2D eigenvalue weighted by molar-refractivity contribution is -0.134. The third kappa shape index (κ3) is 5.92. The van der Waals surface area contributed by atoms with Gasteiger partial charge in [-0.3, -0.25) is 9.59 Å². The molecule has 13 heteroatoms. The van der Waals surface area contributed by atoms with Crippen molar-refractivity contribution in [1.29, 1.82) is 0 Å². The van der Waals surface area contributed by atoms with E-state index in [-0.39, 0.29) is 48.6 Å². The molecule has 0 spiro atoms. The molecular formula is C25H37N7O5S. The molecule has 1 fully saturated rings. The number of aryl methyl sites for hydroxylation is 2. The van der Waals surface area contributed by atoms with E-state index in [4.69, 9.17) is 9.82 Å². The van der Waals surface area contributed by atoms with Crippen LogP contribution in [0.2, 0.25) is 0 Å². The molecule has 208 valence electrons. The number of anilines is 1. The van der Waals surface area contributed by atoms with Gasteiger partial charge in [0, 0.05) is 43.9 Å². The summed E-state index contributed by atoms with van der Waals surface area (Å²) < 4.78 is 25.9. The third-order valence-electron chi connectivity index (χ3n) is 7.00. The number of carbonyl (C=O) groups is 2. The minimum absolute atomic E-state index is 0.0172. The van der Waals surface area contributed by atoms with E-state index in [9.17, 15) is 18.0 Å². The van der Waals surface area contributed by atoms with Crippen molar-refractivity contribution in [3.8, 4) is 0 Å². The van der Waals surface area contributed by atoms with E-state index < -0.39 is 15.4 Å². The van der Waals surface area contributed by atoms with Crippen LogP contribution in [0.3, 0.4) is 0 Å². The van der Waals surface area contributed by atoms with Crippen molar-refractivity contribution >= 4 is 44.1 Å². The normalized spacial score (nSPS) is 18.6. The topological polar surface area (TPSA) is 157 Å². The lowest BCUT2D eigenvalue weighted by Gasteiger charge is -2.26. The van der Waals surface area contributed by atoms with Crippen LogP contribution in [-0.2, 0) is 30.8 Å². The van der Waals surface area contributed by atoms with Crippen LogP contribution in [0.1, 0.15) is 64.1 Å². The fourth-order valence-electron chi connectivity index (χ4n) is 5.17. The van der Waals surface area contributed by atoms with Crippen LogP contribution in [0.5, 0.6) is 0 Å². The standard InChI is InChI=1S/C25H37N7O5S/c1-5-26-20(33)13-25(14-21(34)27-6-2)12-19(31-37-25)18-15-28-24-22(16(4)30-32(24)7-3)23(18)29-17-8-10-38(35,36)11-9-17/h15,17H,5-14H2,1-4H3,(H,26,33)(H,27,34)(H,28,29). The van der Waals surface area contributed by atoms with Gasteiger partial charge < -0.3 is 20.8 Å². The zero-order valence-corrected chi connectivity index (χ0v) is 23.3. The summed E-state index contributed by atoms with van der Waals surface area (Å²) in [5.74, 6) is -0.172. The molecular weight excluding hydrogens is 510 g/mol. The average Bonchev–Trinajstić information content (AvgIpc) is 3.41. The van der Waals surface area contributed by atoms with Crippen molar-refractivity contribution in [3.63, 3.8) is 0 Å². The summed E-state index contributed by atoms with van der Waals surface area (Å²) in [6.07, 6.45) is 2.91. The first-order valence-corrected chi connectivity index (χ1v) is 15.0. The Bertz CT molecular complexity index is 1320. The second kappa shape index (κ2) is 11.3. The maximum Gasteiger partial charge on any atom is 0.224 e. The van der Waals surface area contributed by atoms with Gasteiger partial charge in [0.15, 0.2) is 11.2 Å². The maximum absolute atomic E-state index is 12.6. The molecule has 2 aliphatic rings. The molecule has 3 N–H and O–H groups in total. The molecule has 2 aliphatic heterocycles. The molecule has 2 aromatic rings. The summed E-state index contributed by atoms with van der Waals surface area (Å²) in [6, 6.07) is -0.0504. The van der Waals surface area contributed by atoms with Crippen molar-refractivity contribution in [2.24, 2.45) is 5.16 Å². The summed E-state index contributed by atoms with van der Waals surface area (Å²) in [5, 5.41) is 19.0. The molecule has 1 saturated heterocycles. The first-order chi connectivity index (χ1) is 18.1. The third-order valence-corrected chi connectivity index (χ3v) is 8.72. The number of nitrogens with zero attached hydrogens (tertiary/aromatic N) is 4. The highest BCUT2D eigenvalue weighted by Gasteiger charge is 2.44. The van der Waals surface area contributed by atoms with E-state index in [1.165, 1.54) is 0 Å². The molecule has 38 heavy (non-hydrogen) atoms. The van der Waals surface area contributed by atoms with Gasteiger partial charge in [0.1, 0.15) is 9.84 Å². The Hall–Kier alpha value is -3.22. The Labute approximate surface area is 222 Å². The van der Waals surface area contributed by atoms with E-state index in [2.05, 4.69) is 26.2 Å². The summed E-state index contributed by atoms with van der Waals surface area (Å²) in [4.78, 5) is 35.7. The van der Waals surface area contributed by atoms with Crippen LogP contribution >= 0.6 is 0 Å². The van der Waals surface area contributed by atoms with Gasteiger partial charge in [-0.25, -0.2) is 18.1 Å². The molecule has 0 atom stereocenters. The number of carbonyl (C=O) groups excluding carboxylic acids is 2. The summed E-state index contributed by atoms with van der Waals surface area (Å²) in [5.41, 5.74) is 2.42. The Kier molecular flexibility index (Phi) is 8.24. The van der Waals surface area contributed by atoms with Gasteiger partial charge in [-0.1, -0.05) is 5.16 Å². The van der Waals surface area contributed by atoms with Crippen LogP contribution in [0, 0.1) is 6.92 Å². The summed E-state index contributed by atoms with van der Waals surface area (Å²) in [7, 11) is -3.02. The van der Waals surface area contributed by atoms with Crippen molar-refractivity contribution in [2.45, 2.75) is 78.0 Å². The molecule has 0 bridgehead atoms. The van der Waals surface area contributed by atoms with Gasteiger partial charge in [-0.05, 0) is 40.5 Å². The van der Waals surface area contributed by atoms with Gasteiger partial charge >= 0.3 is 0 Å². The SMILES string of the molecule is CCNC(=O)CC1(CC(=O)NCC)CC(c2cnc3c(c(C)nn3CC)c2NC2CCS(=O)(=O)CC2)=NO1. The average molecular weight is 548 g/mol. The number of rotatable bonds is 10. The number of pyridine rings is 1. The Morgan fingerprint density at radius 1 is 1.11 bits per heavy atom. The smallest absolute Gasteiger partial charge is 0.224 e. The quantitative estimate of drug-likeness (QED) is 0.405. The minimum Gasteiger partial charge on any atom is -0.387 e. The fourth-order valence-corrected chi connectivity index (χ4v) is 6.66.